The third kappa shape index (κ3) is 1.87. The van der Waals surface area contributed by atoms with Gasteiger partial charge < -0.3 is 10.1 Å². The van der Waals surface area contributed by atoms with Gasteiger partial charge in [-0.3, -0.25) is 0 Å². The number of amides is 1. The van der Waals surface area contributed by atoms with Gasteiger partial charge in [0, 0.05) is 0 Å². The minimum absolute atomic E-state index is 0.373. The summed E-state index contributed by atoms with van der Waals surface area (Å²) in [7, 11) is 0. The van der Waals surface area contributed by atoms with E-state index >= 15 is 0 Å². The summed E-state index contributed by atoms with van der Waals surface area (Å²) < 4.78 is 4.88. The number of carbonyl (C=O) groups excluding carboxylic acids is 1. The molecule has 0 saturated carbocycles. The van der Waals surface area contributed by atoms with Gasteiger partial charge in [0.15, 0.2) is 0 Å². The Morgan fingerprint density at radius 2 is 2.08 bits per heavy atom. The molecule has 3 nitrogen and oxygen atoms in total. The highest BCUT2D eigenvalue weighted by molar-refractivity contribution is 5.73. The number of hydrogen-bond acceptors (Lipinski definition) is 2. The van der Waals surface area contributed by atoms with E-state index in [0.29, 0.717) is 12.3 Å². The van der Waals surface area contributed by atoms with E-state index in [1.165, 1.54) is 0 Å². The van der Waals surface area contributed by atoms with Gasteiger partial charge in [0.25, 0.3) is 0 Å². The molecular formula is C10H9NO2. The smallest absolute Gasteiger partial charge is 0.412 e. The van der Waals surface area contributed by atoms with Crippen molar-refractivity contribution < 1.29 is 9.53 Å². The Bertz CT molecular complexity index is 343. The molecule has 0 unspecified atom stereocenters. The second kappa shape index (κ2) is 3.31. The van der Waals surface area contributed by atoms with Crippen molar-refractivity contribution in [2.24, 2.45) is 0 Å². The topological polar surface area (TPSA) is 38.3 Å². The molecule has 0 radical (unpaired) electrons. The van der Waals surface area contributed by atoms with E-state index in [-0.39, 0.29) is 6.09 Å². The molecule has 0 bridgehead atoms. The van der Waals surface area contributed by atoms with Crippen LogP contribution in [0.1, 0.15) is 5.56 Å². The first-order chi connectivity index (χ1) is 6.34. The minimum atomic E-state index is -0.373. The van der Waals surface area contributed by atoms with Crippen molar-refractivity contribution in [3.8, 4) is 0 Å². The molecule has 13 heavy (non-hydrogen) atoms. The predicted molar refractivity (Wildman–Crippen MR) is 48.9 cm³/mol. The largest absolute Gasteiger partial charge is 0.413 e. The summed E-state index contributed by atoms with van der Waals surface area (Å²) in [5.41, 5.74) is 1.04. The van der Waals surface area contributed by atoms with Crippen LogP contribution in [0.15, 0.2) is 36.1 Å². The molecule has 3 heteroatoms. The van der Waals surface area contributed by atoms with E-state index in [4.69, 9.17) is 4.74 Å². The van der Waals surface area contributed by atoms with E-state index in [9.17, 15) is 4.79 Å². The first-order valence-electron chi connectivity index (χ1n) is 4.06. The third-order valence-corrected chi connectivity index (χ3v) is 1.76. The fourth-order valence-electron chi connectivity index (χ4n) is 1.17. The zero-order valence-corrected chi connectivity index (χ0v) is 6.99. The summed E-state index contributed by atoms with van der Waals surface area (Å²) in [5, 5.41) is 2.56. The standard InChI is InChI=1S/C10H9NO2/c12-10-11-7-9(13-10)6-8-4-2-1-3-5-8/h1-6H,7H2,(H,11,12)/b9-6+. The molecule has 66 valence electrons. The molecule has 1 aliphatic heterocycles. The number of benzene rings is 1. The van der Waals surface area contributed by atoms with E-state index in [1.54, 1.807) is 0 Å². The van der Waals surface area contributed by atoms with E-state index < -0.39 is 0 Å². The van der Waals surface area contributed by atoms with Gasteiger partial charge in [-0.1, -0.05) is 30.3 Å². The van der Waals surface area contributed by atoms with Gasteiger partial charge in [-0.15, -0.1) is 0 Å². The Hall–Kier alpha value is -1.77. The van der Waals surface area contributed by atoms with Gasteiger partial charge in [0.2, 0.25) is 0 Å². The van der Waals surface area contributed by atoms with Crippen LogP contribution in [0.2, 0.25) is 0 Å². The summed E-state index contributed by atoms with van der Waals surface area (Å²) >= 11 is 0. The average molecular weight is 175 g/mol. The summed E-state index contributed by atoms with van der Waals surface area (Å²) in [4.78, 5) is 10.7. The SMILES string of the molecule is O=C1NC/C(=C\c2ccccc2)O1. The van der Waals surface area contributed by atoms with Crippen molar-refractivity contribution in [3.63, 3.8) is 0 Å². The van der Waals surface area contributed by atoms with Crippen LogP contribution in [0.3, 0.4) is 0 Å². The van der Waals surface area contributed by atoms with Crippen molar-refractivity contribution in [1.29, 1.82) is 0 Å². The summed E-state index contributed by atoms with van der Waals surface area (Å²) in [6, 6.07) is 9.74. The molecule has 1 amide bonds. The molecule has 0 aliphatic carbocycles. The number of hydrogen-bond donors (Lipinski definition) is 1. The van der Waals surface area contributed by atoms with Crippen molar-refractivity contribution in [1.82, 2.24) is 5.32 Å². The molecule has 1 saturated heterocycles. The van der Waals surface area contributed by atoms with Crippen LogP contribution in [0.5, 0.6) is 0 Å². The zero-order chi connectivity index (χ0) is 9.10. The average Bonchev–Trinajstić information content (AvgIpc) is 2.53. The molecule has 1 aliphatic rings. The molecule has 2 rings (SSSR count). The van der Waals surface area contributed by atoms with E-state index in [2.05, 4.69) is 5.32 Å². The summed E-state index contributed by atoms with van der Waals surface area (Å²) in [5.74, 6) is 0.663. The molecule has 1 N–H and O–H groups in total. The fraction of sp³-hybridized carbons (Fsp3) is 0.100. The molecule has 1 fully saturated rings. The maximum Gasteiger partial charge on any atom is 0.412 e. The third-order valence-electron chi connectivity index (χ3n) is 1.76. The molecule has 0 aromatic heterocycles. The number of alkyl carbamates (subject to hydrolysis) is 1. The second-order valence-corrected chi connectivity index (χ2v) is 2.76. The van der Waals surface area contributed by atoms with E-state index in [0.717, 1.165) is 5.56 Å². The van der Waals surface area contributed by atoms with Crippen LogP contribution in [0.4, 0.5) is 4.79 Å². The maximum absolute atomic E-state index is 10.7. The van der Waals surface area contributed by atoms with Gasteiger partial charge in [-0.2, -0.15) is 0 Å². The Morgan fingerprint density at radius 1 is 1.31 bits per heavy atom. The number of nitrogens with one attached hydrogen (secondary N) is 1. The summed E-state index contributed by atoms with van der Waals surface area (Å²) in [6.45, 7) is 0.480. The summed E-state index contributed by atoms with van der Waals surface area (Å²) in [6.07, 6.45) is 1.47. The molecule has 0 atom stereocenters. The molecular weight excluding hydrogens is 166 g/mol. The van der Waals surface area contributed by atoms with Crippen LogP contribution in [-0.2, 0) is 4.74 Å². The minimum Gasteiger partial charge on any atom is -0.413 e. The van der Waals surface area contributed by atoms with Gasteiger partial charge in [-0.25, -0.2) is 4.79 Å². The molecule has 0 spiro atoms. The quantitative estimate of drug-likeness (QED) is 0.706. The predicted octanol–water partition coefficient (Wildman–Crippen LogP) is 1.77. The van der Waals surface area contributed by atoms with Crippen LogP contribution in [0, 0.1) is 0 Å². The highest BCUT2D eigenvalue weighted by Gasteiger charge is 2.14. The van der Waals surface area contributed by atoms with Crippen molar-refractivity contribution in [2.45, 2.75) is 0 Å². The Morgan fingerprint density at radius 3 is 2.69 bits per heavy atom. The van der Waals surface area contributed by atoms with Gasteiger partial charge in [0.05, 0.1) is 6.54 Å². The van der Waals surface area contributed by atoms with Crippen LogP contribution in [-0.4, -0.2) is 12.6 Å². The molecule has 1 aromatic carbocycles. The van der Waals surface area contributed by atoms with Crippen LogP contribution >= 0.6 is 0 Å². The Kier molecular flexibility index (Phi) is 2.00. The number of cyclic esters (lactones) is 1. The lowest BCUT2D eigenvalue weighted by molar-refractivity contribution is 0.195. The van der Waals surface area contributed by atoms with E-state index in [1.807, 2.05) is 36.4 Å². The van der Waals surface area contributed by atoms with Crippen LogP contribution < -0.4 is 5.32 Å². The highest BCUT2D eigenvalue weighted by Crippen LogP contribution is 2.10. The molecule has 1 heterocycles. The van der Waals surface area contributed by atoms with Crippen molar-refractivity contribution in [2.75, 3.05) is 6.54 Å². The lowest BCUT2D eigenvalue weighted by Gasteiger charge is -1.94. The normalized spacial score (nSPS) is 18.5. The van der Waals surface area contributed by atoms with Crippen molar-refractivity contribution in [3.05, 3.63) is 41.7 Å². The maximum atomic E-state index is 10.7. The first kappa shape index (κ1) is 7.86. The number of carbonyl (C=O) groups is 1. The van der Waals surface area contributed by atoms with Gasteiger partial charge in [0.1, 0.15) is 5.76 Å². The Balaban J connectivity index is 2.17. The fourth-order valence-corrected chi connectivity index (χ4v) is 1.17. The van der Waals surface area contributed by atoms with Crippen molar-refractivity contribution >= 4 is 12.2 Å². The number of ether oxygens (including phenoxy) is 1. The monoisotopic (exact) mass is 175 g/mol. The zero-order valence-electron chi connectivity index (χ0n) is 6.99. The molecule has 1 aromatic rings. The second-order valence-electron chi connectivity index (χ2n) is 2.76. The lowest BCUT2D eigenvalue weighted by Crippen LogP contribution is -2.11. The first-order valence-corrected chi connectivity index (χ1v) is 4.06. The van der Waals surface area contributed by atoms with Crippen LogP contribution in [0.25, 0.3) is 6.08 Å². The number of rotatable bonds is 1. The Labute approximate surface area is 76.0 Å². The van der Waals surface area contributed by atoms with Gasteiger partial charge in [-0.05, 0) is 11.6 Å². The highest BCUT2D eigenvalue weighted by atomic mass is 16.6. The van der Waals surface area contributed by atoms with Gasteiger partial charge >= 0.3 is 6.09 Å². The lowest BCUT2D eigenvalue weighted by atomic mass is 10.2.